The van der Waals surface area contributed by atoms with Crippen LogP contribution in [0.2, 0.25) is 0 Å². The van der Waals surface area contributed by atoms with Gasteiger partial charge in [-0.3, -0.25) is 4.79 Å². The smallest absolute Gasteiger partial charge is 0.236 e. The number of amides is 1. The summed E-state index contributed by atoms with van der Waals surface area (Å²) in [6, 6.07) is 20.4. The van der Waals surface area contributed by atoms with E-state index < -0.39 is 0 Å². The van der Waals surface area contributed by atoms with Gasteiger partial charge < -0.3 is 9.47 Å². The van der Waals surface area contributed by atoms with Crippen LogP contribution in [0.1, 0.15) is 18.1 Å². The maximum absolute atomic E-state index is 13.2. The highest BCUT2D eigenvalue weighted by atomic mass is 32.2. The average Bonchev–Trinajstić information content (AvgIpc) is 3.10. The lowest BCUT2D eigenvalue weighted by atomic mass is 10.1. The van der Waals surface area contributed by atoms with Gasteiger partial charge in [-0.1, -0.05) is 72.4 Å². The predicted octanol–water partition coefficient (Wildman–Crippen LogP) is 3.57. The predicted molar refractivity (Wildman–Crippen MR) is 108 cm³/mol. The molecule has 0 saturated heterocycles. The third-order valence-corrected chi connectivity index (χ3v) is 5.48. The zero-order valence-electron chi connectivity index (χ0n) is 15.7. The van der Waals surface area contributed by atoms with Crippen LogP contribution in [0.3, 0.4) is 0 Å². The molecule has 3 rings (SSSR count). The number of carbonyl (C=O) groups is 1. The first-order chi connectivity index (χ1) is 13.1. The second kappa shape index (κ2) is 9.37. The molecule has 0 bridgehead atoms. The Morgan fingerprint density at radius 2 is 1.70 bits per heavy atom. The van der Waals surface area contributed by atoms with E-state index in [1.807, 2.05) is 59.8 Å². The highest BCUT2D eigenvalue weighted by molar-refractivity contribution is 8.00. The van der Waals surface area contributed by atoms with E-state index in [2.05, 4.69) is 34.5 Å². The van der Waals surface area contributed by atoms with Crippen LogP contribution in [0.4, 0.5) is 0 Å². The van der Waals surface area contributed by atoms with Crippen LogP contribution in [0.15, 0.2) is 72.1 Å². The number of thioether (sulfide) groups is 1. The summed E-state index contributed by atoms with van der Waals surface area (Å²) in [7, 11) is 1.89. The summed E-state index contributed by atoms with van der Waals surface area (Å²) in [6.45, 7) is 3.22. The summed E-state index contributed by atoms with van der Waals surface area (Å²) in [5.41, 5.74) is 2.37. The van der Waals surface area contributed by atoms with E-state index in [0.717, 1.165) is 17.1 Å². The molecule has 1 atom stereocenters. The van der Waals surface area contributed by atoms with E-state index in [0.29, 0.717) is 13.1 Å². The van der Waals surface area contributed by atoms with Gasteiger partial charge in [0.05, 0.1) is 5.25 Å². The fourth-order valence-electron chi connectivity index (χ4n) is 2.82. The molecule has 1 amide bonds. The van der Waals surface area contributed by atoms with Gasteiger partial charge in [-0.15, -0.1) is 10.2 Å². The SMILES string of the molecule is CC(Sc1nncn1C)C(=O)N(CCc1ccccc1)Cc1ccccc1. The summed E-state index contributed by atoms with van der Waals surface area (Å²) in [5, 5.41) is 8.49. The summed E-state index contributed by atoms with van der Waals surface area (Å²) in [5.74, 6) is 0.114. The van der Waals surface area contributed by atoms with Gasteiger partial charge in [0.15, 0.2) is 5.16 Å². The van der Waals surface area contributed by atoms with Crippen molar-refractivity contribution in [3.8, 4) is 0 Å². The normalized spacial score (nSPS) is 11.9. The molecule has 5 nitrogen and oxygen atoms in total. The number of hydrogen-bond acceptors (Lipinski definition) is 4. The average molecular weight is 381 g/mol. The lowest BCUT2D eigenvalue weighted by Crippen LogP contribution is -2.37. The number of hydrogen-bond donors (Lipinski definition) is 0. The number of rotatable bonds is 8. The Morgan fingerprint density at radius 1 is 1.07 bits per heavy atom. The third kappa shape index (κ3) is 5.44. The molecule has 1 aromatic heterocycles. The molecular weight excluding hydrogens is 356 g/mol. The van der Waals surface area contributed by atoms with Crippen molar-refractivity contribution in [2.45, 2.75) is 30.3 Å². The summed E-state index contributed by atoms with van der Waals surface area (Å²) < 4.78 is 1.83. The largest absolute Gasteiger partial charge is 0.337 e. The monoisotopic (exact) mass is 380 g/mol. The Labute approximate surface area is 164 Å². The van der Waals surface area contributed by atoms with Crippen molar-refractivity contribution < 1.29 is 4.79 Å². The molecule has 0 spiro atoms. The fourth-order valence-corrected chi connectivity index (χ4v) is 3.70. The Balaban J connectivity index is 1.71. The van der Waals surface area contributed by atoms with Gasteiger partial charge in [-0.25, -0.2) is 0 Å². The van der Waals surface area contributed by atoms with E-state index >= 15 is 0 Å². The highest BCUT2D eigenvalue weighted by Crippen LogP contribution is 2.22. The molecule has 0 aliphatic rings. The minimum Gasteiger partial charge on any atom is -0.337 e. The molecule has 0 aliphatic heterocycles. The molecule has 0 fully saturated rings. The number of aromatic nitrogens is 3. The van der Waals surface area contributed by atoms with Crippen LogP contribution >= 0.6 is 11.8 Å². The zero-order chi connectivity index (χ0) is 19.1. The van der Waals surface area contributed by atoms with E-state index in [9.17, 15) is 4.79 Å². The molecule has 1 unspecified atom stereocenters. The standard InChI is InChI=1S/C21H24N4OS/c1-17(27-21-23-22-16-24(21)2)20(26)25(15-19-11-7-4-8-12-19)14-13-18-9-5-3-6-10-18/h3-12,16-17H,13-15H2,1-2H3. The van der Waals surface area contributed by atoms with Crippen molar-refractivity contribution in [2.24, 2.45) is 7.05 Å². The number of carbonyl (C=O) groups excluding carboxylic acids is 1. The van der Waals surface area contributed by atoms with E-state index in [1.54, 1.807) is 6.33 Å². The minimum atomic E-state index is -0.229. The van der Waals surface area contributed by atoms with E-state index in [4.69, 9.17) is 0 Å². The van der Waals surface area contributed by atoms with E-state index in [1.165, 1.54) is 17.3 Å². The van der Waals surface area contributed by atoms with Gasteiger partial charge in [0.1, 0.15) is 6.33 Å². The molecule has 0 aliphatic carbocycles. The van der Waals surface area contributed by atoms with Gasteiger partial charge in [0.2, 0.25) is 5.91 Å². The first-order valence-electron chi connectivity index (χ1n) is 9.01. The summed E-state index contributed by atoms with van der Waals surface area (Å²) in [6.07, 6.45) is 2.48. The van der Waals surface area contributed by atoms with Crippen LogP contribution < -0.4 is 0 Å². The van der Waals surface area contributed by atoms with Crippen LogP contribution in [-0.4, -0.2) is 37.4 Å². The third-order valence-electron chi connectivity index (χ3n) is 4.34. The zero-order valence-corrected chi connectivity index (χ0v) is 16.5. The highest BCUT2D eigenvalue weighted by Gasteiger charge is 2.23. The van der Waals surface area contributed by atoms with Crippen LogP contribution in [-0.2, 0) is 24.8 Å². The first-order valence-corrected chi connectivity index (χ1v) is 9.88. The molecule has 0 saturated carbocycles. The number of benzene rings is 2. The number of aryl methyl sites for hydroxylation is 1. The van der Waals surface area contributed by atoms with Crippen molar-refractivity contribution in [1.29, 1.82) is 0 Å². The van der Waals surface area contributed by atoms with Crippen molar-refractivity contribution in [1.82, 2.24) is 19.7 Å². The van der Waals surface area contributed by atoms with Crippen LogP contribution in [0.25, 0.3) is 0 Å². The lowest BCUT2D eigenvalue weighted by Gasteiger charge is -2.26. The topological polar surface area (TPSA) is 51.0 Å². The molecule has 2 aromatic carbocycles. The fraction of sp³-hybridized carbons (Fsp3) is 0.286. The maximum Gasteiger partial charge on any atom is 0.236 e. The van der Waals surface area contributed by atoms with Crippen LogP contribution in [0.5, 0.6) is 0 Å². The van der Waals surface area contributed by atoms with Gasteiger partial charge in [0, 0.05) is 20.1 Å². The molecule has 0 N–H and O–H groups in total. The molecular formula is C21H24N4OS. The van der Waals surface area contributed by atoms with Gasteiger partial charge >= 0.3 is 0 Å². The maximum atomic E-state index is 13.2. The van der Waals surface area contributed by atoms with Gasteiger partial charge in [0.25, 0.3) is 0 Å². The van der Waals surface area contributed by atoms with Crippen molar-refractivity contribution in [2.75, 3.05) is 6.54 Å². The molecule has 1 heterocycles. The molecule has 27 heavy (non-hydrogen) atoms. The van der Waals surface area contributed by atoms with Crippen molar-refractivity contribution >= 4 is 17.7 Å². The van der Waals surface area contributed by atoms with Crippen LogP contribution in [0, 0.1) is 0 Å². The quantitative estimate of drug-likeness (QED) is 0.561. The summed E-state index contributed by atoms with van der Waals surface area (Å²) in [4.78, 5) is 15.1. The summed E-state index contributed by atoms with van der Waals surface area (Å²) >= 11 is 1.44. The van der Waals surface area contributed by atoms with E-state index in [-0.39, 0.29) is 11.2 Å². The Morgan fingerprint density at radius 3 is 2.30 bits per heavy atom. The van der Waals surface area contributed by atoms with Crippen molar-refractivity contribution in [3.63, 3.8) is 0 Å². The van der Waals surface area contributed by atoms with Gasteiger partial charge in [-0.05, 0) is 24.5 Å². The lowest BCUT2D eigenvalue weighted by molar-refractivity contribution is -0.130. The first kappa shape index (κ1) is 19.2. The Bertz CT molecular complexity index is 851. The molecule has 0 radical (unpaired) electrons. The molecule has 3 aromatic rings. The molecule has 6 heteroatoms. The Hall–Kier alpha value is -2.60. The number of nitrogens with zero attached hydrogens (tertiary/aromatic N) is 4. The molecule has 140 valence electrons. The minimum absolute atomic E-state index is 0.114. The van der Waals surface area contributed by atoms with Gasteiger partial charge in [-0.2, -0.15) is 0 Å². The second-order valence-corrected chi connectivity index (χ2v) is 7.77. The Kier molecular flexibility index (Phi) is 6.65. The van der Waals surface area contributed by atoms with Crippen molar-refractivity contribution in [3.05, 3.63) is 78.1 Å². The second-order valence-electron chi connectivity index (χ2n) is 6.47.